The van der Waals surface area contributed by atoms with E-state index in [4.69, 9.17) is 0 Å². The van der Waals surface area contributed by atoms with Crippen molar-refractivity contribution in [3.8, 4) is 0 Å². The highest BCUT2D eigenvalue weighted by molar-refractivity contribution is 7.57. The molecule has 0 amide bonds. The van der Waals surface area contributed by atoms with E-state index in [1.54, 1.807) is 18.5 Å². The molecule has 0 bridgehead atoms. The standard InChI is InChI=1S/C24H51P.ClH/c1-4-7-10-13-16-19-22-25(23-20-17-14-11-8-5-2)24-21-18-15-12-9-6-3;/h4-24H2,1-3H3;1H. The molecule has 0 saturated carbocycles. The Morgan fingerprint density at radius 2 is 0.577 bits per heavy atom. The summed E-state index contributed by atoms with van der Waals surface area (Å²) in [4.78, 5) is 0. The van der Waals surface area contributed by atoms with Gasteiger partial charge in [-0.2, -0.15) is 0 Å². The van der Waals surface area contributed by atoms with Crippen molar-refractivity contribution in [2.75, 3.05) is 18.5 Å². The molecule has 2 heteroatoms. The zero-order valence-corrected chi connectivity index (χ0v) is 20.4. The highest BCUT2D eigenvalue weighted by atomic mass is 35.5. The molecule has 0 nitrogen and oxygen atoms in total. The third-order valence-electron chi connectivity index (χ3n) is 5.48. The lowest BCUT2D eigenvalue weighted by molar-refractivity contribution is 0.617. The second-order valence-electron chi connectivity index (χ2n) is 8.14. The SMILES string of the molecule is CCCCCCCCP(CCCCCCCC)CCCCCCCC.Cl. The third-order valence-corrected chi connectivity index (χ3v) is 8.33. The maximum atomic E-state index is 2.32. The van der Waals surface area contributed by atoms with Crippen LogP contribution in [0.4, 0.5) is 0 Å². The molecule has 0 aliphatic heterocycles. The highest BCUT2D eigenvalue weighted by Crippen LogP contribution is 2.39. The van der Waals surface area contributed by atoms with Crippen LogP contribution in [-0.2, 0) is 0 Å². The van der Waals surface area contributed by atoms with Crippen LogP contribution >= 0.6 is 20.3 Å². The van der Waals surface area contributed by atoms with Crippen LogP contribution in [0.25, 0.3) is 0 Å². The van der Waals surface area contributed by atoms with Gasteiger partial charge < -0.3 is 0 Å². The number of halogens is 1. The molecule has 0 aromatic heterocycles. The monoisotopic (exact) mass is 406 g/mol. The van der Waals surface area contributed by atoms with Crippen LogP contribution < -0.4 is 0 Å². The van der Waals surface area contributed by atoms with E-state index in [2.05, 4.69) is 20.8 Å². The normalized spacial score (nSPS) is 11.1. The molecule has 0 aliphatic carbocycles. The minimum Gasteiger partial charge on any atom is -0.147 e. The lowest BCUT2D eigenvalue weighted by Gasteiger charge is -2.18. The van der Waals surface area contributed by atoms with Crippen LogP contribution in [0.5, 0.6) is 0 Å². The van der Waals surface area contributed by atoms with E-state index >= 15 is 0 Å². The molecule has 0 unspecified atom stereocenters. The molecule has 0 atom stereocenters. The van der Waals surface area contributed by atoms with Gasteiger partial charge in [0.15, 0.2) is 0 Å². The molecule has 160 valence electrons. The van der Waals surface area contributed by atoms with Gasteiger partial charge in [0.25, 0.3) is 0 Å². The lowest BCUT2D eigenvalue weighted by atomic mass is 10.1. The molecule has 0 rings (SSSR count). The van der Waals surface area contributed by atoms with Gasteiger partial charge in [0.2, 0.25) is 0 Å². The maximum Gasteiger partial charge on any atom is -0.0326 e. The van der Waals surface area contributed by atoms with E-state index in [0.29, 0.717) is 7.92 Å². The minimum absolute atomic E-state index is 0. The molecule has 0 aliphatic rings. The molecule has 26 heavy (non-hydrogen) atoms. The average Bonchev–Trinajstić information content (AvgIpc) is 2.63. The van der Waals surface area contributed by atoms with Crippen molar-refractivity contribution in [1.29, 1.82) is 0 Å². The van der Waals surface area contributed by atoms with Crippen LogP contribution in [0.2, 0.25) is 0 Å². The van der Waals surface area contributed by atoms with Gasteiger partial charge in [0, 0.05) is 0 Å². The van der Waals surface area contributed by atoms with Crippen molar-refractivity contribution >= 4 is 20.3 Å². The third kappa shape index (κ3) is 22.8. The van der Waals surface area contributed by atoms with Crippen molar-refractivity contribution in [3.63, 3.8) is 0 Å². The summed E-state index contributed by atoms with van der Waals surface area (Å²) in [6, 6.07) is 0. The number of rotatable bonds is 21. The predicted molar refractivity (Wildman–Crippen MR) is 129 cm³/mol. The van der Waals surface area contributed by atoms with Crippen molar-refractivity contribution in [1.82, 2.24) is 0 Å². The van der Waals surface area contributed by atoms with Crippen LogP contribution in [0.15, 0.2) is 0 Å². The predicted octanol–water partition coefficient (Wildman–Crippen LogP) is 9.97. The Kier molecular flexibility index (Phi) is 28.6. The first-order valence-electron chi connectivity index (χ1n) is 12.1. The van der Waals surface area contributed by atoms with E-state index < -0.39 is 0 Å². The van der Waals surface area contributed by atoms with Crippen molar-refractivity contribution in [2.45, 2.75) is 136 Å². The smallest absolute Gasteiger partial charge is 0.0326 e. The van der Waals surface area contributed by atoms with Crippen molar-refractivity contribution < 1.29 is 0 Å². The van der Waals surface area contributed by atoms with Gasteiger partial charge in [-0.3, -0.25) is 0 Å². The molecule has 0 heterocycles. The maximum absolute atomic E-state index is 2.32. The Bertz CT molecular complexity index is 194. The summed E-state index contributed by atoms with van der Waals surface area (Å²) in [7, 11) is 0.366. The van der Waals surface area contributed by atoms with Gasteiger partial charge in [-0.05, 0) is 37.7 Å². The molecular weight excluding hydrogens is 355 g/mol. The van der Waals surface area contributed by atoms with Gasteiger partial charge in [-0.25, -0.2) is 0 Å². The molecule has 0 aromatic carbocycles. The molecule has 0 spiro atoms. The fourth-order valence-electron chi connectivity index (χ4n) is 3.68. The minimum atomic E-state index is 0. The van der Waals surface area contributed by atoms with Gasteiger partial charge >= 0.3 is 0 Å². The summed E-state index contributed by atoms with van der Waals surface area (Å²) in [6.07, 6.45) is 31.2. The lowest BCUT2D eigenvalue weighted by Crippen LogP contribution is -1.97. The van der Waals surface area contributed by atoms with Crippen LogP contribution in [-0.4, -0.2) is 18.5 Å². The van der Waals surface area contributed by atoms with Crippen molar-refractivity contribution in [2.24, 2.45) is 0 Å². The molecule has 0 saturated heterocycles. The number of hydrogen-bond donors (Lipinski definition) is 0. The summed E-state index contributed by atoms with van der Waals surface area (Å²) in [6.45, 7) is 6.96. The first-order valence-corrected chi connectivity index (χ1v) is 14.0. The topological polar surface area (TPSA) is 0 Å². The van der Waals surface area contributed by atoms with E-state index in [1.807, 2.05) is 0 Å². The van der Waals surface area contributed by atoms with E-state index in [1.165, 1.54) is 116 Å². The summed E-state index contributed by atoms with van der Waals surface area (Å²) < 4.78 is 0. The Labute approximate surface area is 175 Å². The first-order chi connectivity index (χ1) is 12.3. The van der Waals surface area contributed by atoms with E-state index in [0.717, 1.165) is 0 Å². The quantitative estimate of drug-likeness (QED) is 0.131. The summed E-state index contributed by atoms with van der Waals surface area (Å²) in [5, 5.41) is 0. The van der Waals surface area contributed by atoms with E-state index in [-0.39, 0.29) is 12.4 Å². The van der Waals surface area contributed by atoms with E-state index in [9.17, 15) is 0 Å². The van der Waals surface area contributed by atoms with Gasteiger partial charge in [-0.1, -0.05) is 117 Å². The molecule has 0 radical (unpaired) electrons. The van der Waals surface area contributed by atoms with Gasteiger partial charge in [0.05, 0.1) is 0 Å². The molecular formula is C24H52ClP. The van der Waals surface area contributed by atoms with Gasteiger partial charge in [0.1, 0.15) is 0 Å². The molecule has 0 aromatic rings. The van der Waals surface area contributed by atoms with Gasteiger partial charge in [-0.15, -0.1) is 20.3 Å². The summed E-state index contributed by atoms with van der Waals surface area (Å²) in [5.74, 6) is 0. The molecule has 0 N–H and O–H groups in total. The Morgan fingerprint density at radius 3 is 0.846 bits per heavy atom. The van der Waals surface area contributed by atoms with Crippen molar-refractivity contribution in [3.05, 3.63) is 0 Å². The zero-order valence-electron chi connectivity index (χ0n) is 18.7. The van der Waals surface area contributed by atoms with Crippen LogP contribution in [0.3, 0.4) is 0 Å². The van der Waals surface area contributed by atoms with Crippen LogP contribution in [0.1, 0.15) is 136 Å². The summed E-state index contributed by atoms with van der Waals surface area (Å²) >= 11 is 0. The Balaban J connectivity index is 0. The number of hydrogen-bond acceptors (Lipinski definition) is 0. The zero-order chi connectivity index (χ0) is 18.4. The Morgan fingerprint density at radius 1 is 0.346 bits per heavy atom. The first kappa shape index (κ1) is 28.9. The van der Waals surface area contributed by atoms with Crippen LogP contribution in [0, 0.1) is 0 Å². The second-order valence-corrected chi connectivity index (χ2v) is 10.8. The molecule has 0 fully saturated rings. The highest BCUT2D eigenvalue weighted by Gasteiger charge is 2.07. The largest absolute Gasteiger partial charge is 0.147 e. The fourth-order valence-corrected chi connectivity index (χ4v) is 6.37. The summed E-state index contributed by atoms with van der Waals surface area (Å²) in [5.41, 5.74) is 0. The fraction of sp³-hybridized carbons (Fsp3) is 1.00. The number of unbranched alkanes of at least 4 members (excludes halogenated alkanes) is 15. The Hall–Kier alpha value is 0.720. The average molecular weight is 407 g/mol. The second kappa shape index (κ2) is 25.7.